The van der Waals surface area contributed by atoms with Gasteiger partial charge in [-0.05, 0) is 0 Å². The Morgan fingerprint density at radius 1 is 1.31 bits per heavy atom. The number of nitrogens with zero attached hydrogens (tertiary/aromatic N) is 2. The van der Waals surface area contributed by atoms with Crippen LogP contribution < -0.4 is 5.73 Å². The van der Waals surface area contributed by atoms with Crippen molar-refractivity contribution in [2.75, 3.05) is 26.7 Å². The Morgan fingerprint density at radius 3 is 2.25 bits per heavy atom. The van der Waals surface area contributed by atoms with Gasteiger partial charge in [0.15, 0.2) is 0 Å². The van der Waals surface area contributed by atoms with E-state index in [2.05, 4.69) is 0 Å². The molecule has 2 fully saturated rings. The van der Waals surface area contributed by atoms with Crippen molar-refractivity contribution in [1.29, 1.82) is 0 Å². The van der Waals surface area contributed by atoms with Crippen LogP contribution in [0.4, 0.5) is 0 Å². The second-order valence-electron chi connectivity index (χ2n) is 4.29. The van der Waals surface area contributed by atoms with E-state index in [0.717, 1.165) is 0 Å². The zero-order valence-electron chi connectivity index (χ0n) is 9.18. The number of nitrogens with two attached hydrogens (primary N) is 1. The van der Waals surface area contributed by atoms with Gasteiger partial charge in [-0.2, -0.15) is 0 Å². The van der Waals surface area contributed by atoms with Gasteiger partial charge in [-0.15, -0.1) is 0 Å². The van der Waals surface area contributed by atoms with Crippen molar-refractivity contribution in [2.45, 2.75) is 6.42 Å². The highest BCUT2D eigenvalue weighted by Crippen LogP contribution is 2.32. The average molecular weight is 225 g/mol. The third kappa shape index (κ3) is 1.49. The molecule has 6 nitrogen and oxygen atoms in total. The van der Waals surface area contributed by atoms with E-state index >= 15 is 0 Å². The molecule has 0 spiro atoms. The normalized spacial score (nSPS) is 28.9. The third-order valence-corrected chi connectivity index (χ3v) is 3.33. The molecule has 3 amide bonds. The van der Waals surface area contributed by atoms with Crippen LogP contribution >= 0.6 is 0 Å². The summed E-state index contributed by atoms with van der Waals surface area (Å²) in [5, 5.41) is 0. The van der Waals surface area contributed by atoms with Crippen molar-refractivity contribution in [1.82, 2.24) is 9.80 Å². The van der Waals surface area contributed by atoms with Crippen molar-refractivity contribution in [2.24, 2.45) is 17.6 Å². The molecule has 0 aromatic rings. The predicted molar refractivity (Wildman–Crippen MR) is 55.0 cm³/mol. The summed E-state index contributed by atoms with van der Waals surface area (Å²) in [6.45, 7) is 1.02. The SMILES string of the molecule is CN1C(=O)[C@H]2CN(C(=O)CCN)C[C@@H]2C1=O. The second-order valence-corrected chi connectivity index (χ2v) is 4.29. The molecule has 88 valence electrons. The maximum absolute atomic E-state index is 11.7. The summed E-state index contributed by atoms with van der Waals surface area (Å²) in [4.78, 5) is 37.7. The maximum atomic E-state index is 11.7. The number of amides is 3. The molecule has 2 saturated heterocycles. The minimum atomic E-state index is -0.334. The number of carbonyl (C=O) groups excluding carboxylic acids is 3. The van der Waals surface area contributed by atoms with Crippen LogP contribution in [0.1, 0.15) is 6.42 Å². The number of carbonyl (C=O) groups is 3. The highest BCUT2D eigenvalue weighted by molar-refractivity contribution is 6.06. The van der Waals surface area contributed by atoms with Gasteiger partial charge in [-0.1, -0.05) is 0 Å². The number of hydrogen-bond donors (Lipinski definition) is 1. The monoisotopic (exact) mass is 225 g/mol. The number of likely N-dealkylation sites (tertiary alicyclic amines) is 2. The summed E-state index contributed by atoms with van der Waals surface area (Å²) in [5.74, 6) is -1.07. The van der Waals surface area contributed by atoms with Gasteiger partial charge in [-0.25, -0.2) is 0 Å². The van der Waals surface area contributed by atoms with Crippen LogP contribution in [0.25, 0.3) is 0 Å². The molecule has 0 saturated carbocycles. The first-order valence-electron chi connectivity index (χ1n) is 5.35. The lowest BCUT2D eigenvalue weighted by molar-refractivity contribution is -0.139. The van der Waals surface area contributed by atoms with E-state index in [4.69, 9.17) is 5.73 Å². The van der Waals surface area contributed by atoms with E-state index in [1.165, 1.54) is 11.9 Å². The van der Waals surface area contributed by atoms with Crippen LogP contribution in [0.3, 0.4) is 0 Å². The van der Waals surface area contributed by atoms with Crippen molar-refractivity contribution in [3.8, 4) is 0 Å². The fourth-order valence-electron chi connectivity index (χ4n) is 2.40. The van der Waals surface area contributed by atoms with Crippen LogP contribution in [-0.2, 0) is 14.4 Å². The first-order valence-corrected chi connectivity index (χ1v) is 5.35. The molecule has 2 aliphatic heterocycles. The quantitative estimate of drug-likeness (QED) is 0.574. The lowest BCUT2D eigenvalue weighted by Crippen LogP contribution is -2.36. The maximum Gasteiger partial charge on any atom is 0.234 e. The Hall–Kier alpha value is -1.43. The third-order valence-electron chi connectivity index (χ3n) is 3.33. The van der Waals surface area contributed by atoms with Crippen molar-refractivity contribution in [3.05, 3.63) is 0 Å². The molecule has 16 heavy (non-hydrogen) atoms. The lowest BCUT2D eigenvalue weighted by Gasteiger charge is -2.18. The Bertz CT molecular complexity index is 331. The molecular weight excluding hydrogens is 210 g/mol. The number of rotatable bonds is 2. The van der Waals surface area contributed by atoms with E-state index in [1.807, 2.05) is 0 Å². The van der Waals surface area contributed by atoms with Crippen LogP contribution in [0.15, 0.2) is 0 Å². The first-order chi connectivity index (χ1) is 7.56. The Morgan fingerprint density at radius 2 is 1.81 bits per heavy atom. The molecule has 0 radical (unpaired) electrons. The lowest BCUT2D eigenvalue weighted by atomic mass is 10.00. The molecule has 0 aromatic heterocycles. The molecule has 0 bridgehead atoms. The van der Waals surface area contributed by atoms with Crippen LogP contribution in [0.2, 0.25) is 0 Å². The molecule has 2 rings (SSSR count). The smallest absolute Gasteiger partial charge is 0.234 e. The van der Waals surface area contributed by atoms with E-state index in [-0.39, 0.29) is 36.0 Å². The Balaban J connectivity index is 2.07. The Labute approximate surface area is 93.4 Å². The van der Waals surface area contributed by atoms with Gasteiger partial charge in [-0.3, -0.25) is 19.3 Å². The van der Waals surface area contributed by atoms with Gasteiger partial charge in [0.25, 0.3) is 0 Å². The summed E-state index contributed by atoms with van der Waals surface area (Å²) in [5.41, 5.74) is 5.30. The standard InChI is InChI=1S/C10H15N3O3/c1-12-9(15)6-4-13(8(14)2-3-11)5-7(6)10(12)16/h6-7H,2-5,11H2,1H3/t6-,7-/m0/s1. The van der Waals surface area contributed by atoms with Gasteiger partial charge < -0.3 is 10.6 Å². The average Bonchev–Trinajstić information content (AvgIpc) is 2.77. The molecular formula is C10H15N3O3. The van der Waals surface area contributed by atoms with Gasteiger partial charge in [0, 0.05) is 33.1 Å². The topological polar surface area (TPSA) is 83.7 Å². The molecule has 0 aliphatic carbocycles. The van der Waals surface area contributed by atoms with E-state index in [1.54, 1.807) is 4.90 Å². The largest absolute Gasteiger partial charge is 0.341 e. The van der Waals surface area contributed by atoms with Crippen molar-refractivity contribution >= 4 is 17.7 Å². The van der Waals surface area contributed by atoms with Crippen LogP contribution in [-0.4, -0.2) is 54.2 Å². The molecule has 2 atom stereocenters. The van der Waals surface area contributed by atoms with Crippen molar-refractivity contribution in [3.63, 3.8) is 0 Å². The molecule has 0 unspecified atom stereocenters. The molecule has 0 aromatic carbocycles. The second kappa shape index (κ2) is 3.86. The summed E-state index contributed by atoms with van der Waals surface area (Å²) in [7, 11) is 1.50. The summed E-state index contributed by atoms with van der Waals surface area (Å²) >= 11 is 0. The van der Waals surface area contributed by atoms with E-state index < -0.39 is 0 Å². The Kier molecular flexibility index (Phi) is 2.67. The van der Waals surface area contributed by atoms with Gasteiger partial charge >= 0.3 is 0 Å². The van der Waals surface area contributed by atoms with Gasteiger partial charge in [0.2, 0.25) is 17.7 Å². The van der Waals surface area contributed by atoms with Crippen LogP contribution in [0, 0.1) is 11.8 Å². The van der Waals surface area contributed by atoms with Gasteiger partial charge in [0.05, 0.1) is 11.8 Å². The minimum absolute atomic E-state index is 0.0693. The fourth-order valence-corrected chi connectivity index (χ4v) is 2.40. The first kappa shape index (κ1) is 11.1. The summed E-state index contributed by atoms with van der Waals surface area (Å²) in [6, 6.07) is 0. The van der Waals surface area contributed by atoms with Crippen molar-refractivity contribution < 1.29 is 14.4 Å². The fraction of sp³-hybridized carbons (Fsp3) is 0.700. The van der Waals surface area contributed by atoms with E-state index in [0.29, 0.717) is 19.6 Å². The summed E-state index contributed by atoms with van der Waals surface area (Å²) in [6.07, 6.45) is 0.275. The summed E-state index contributed by atoms with van der Waals surface area (Å²) < 4.78 is 0. The molecule has 2 N–H and O–H groups in total. The highest BCUT2D eigenvalue weighted by atomic mass is 16.2. The number of hydrogen-bond acceptors (Lipinski definition) is 4. The van der Waals surface area contributed by atoms with Gasteiger partial charge in [0.1, 0.15) is 0 Å². The number of fused-ring (bicyclic) bond motifs is 1. The minimum Gasteiger partial charge on any atom is -0.341 e. The van der Waals surface area contributed by atoms with E-state index in [9.17, 15) is 14.4 Å². The zero-order chi connectivity index (χ0) is 11.9. The highest BCUT2D eigenvalue weighted by Gasteiger charge is 2.51. The molecule has 2 aliphatic rings. The predicted octanol–water partition coefficient (Wildman–Crippen LogP) is -1.59. The molecule has 2 heterocycles. The number of imide groups is 1. The molecule has 6 heteroatoms. The zero-order valence-corrected chi connectivity index (χ0v) is 9.18. The van der Waals surface area contributed by atoms with Crippen LogP contribution in [0.5, 0.6) is 0 Å².